The maximum Gasteiger partial charge on any atom is 0.251 e. The van der Waals surface area contributed by atoms with E-state index in [1.54, 1.807) is 0 Å². The second-order valence-electron chi connectivity index (χ2n) is 7.72. The predicted molar refractivity (Wildman–Crippen MR) is 119 cm³/mol. The molecule has 1 heterocycles. The molecule has 0 saturated carbocycles. The van der Waals surface area contributed by atoms with Gasteiger partial charge in [0.05, 0.1) is 13.2 Å². The number of ether oxygens (including phenoxy) is 1. The number of hydrogen-bond donors (Lipinski definition) is 1. The zero-order valence-electron chi connectivity index (χ0n) is 17.2. The van der Waals surface area contributed by atoms with Crippen LogP contribution < -0.4 is 5.32 Å². The molecule has 1 aliphatic heterocycles. The summed E-state index contributed by atoms with van der Waals surface area (Å²) in [7, 11) is 0. The van der Waals surface area contributed by atoms with E-state index < -0.39 is 0 Å². The lowest BCUT2D eigenvalue weighted by atomic mass is 9.99. The molecule has 3 aromatic carbocycles. The summed E-state index contributed by atoms with van der Waals surface area (Å²) in [5, 5.41) is 2.92. The zero-order valence-corrected chi connectivity index (χ0v) is 17.2. The van der Waals surface area contributed by atoms with E-state index in [4.69, 9.17) is 4.74 Å². The van der Waals surface area contributed by atoms with Crippen molar-refractivity contribution >= 4 is 5.91 Å². The normalized spacial score (nSPS) is 13.6. The Bertz CT molecular complexity index is 954. The first-order valence-electron chi connectivity index (χ1n) is 10.6. The molecular weight excluding hydrogens is 372 g/mol. The molecule has 0 atom stereocenters. The summed E-state index contributed by atoms with van der Waals surface area (Å²) in [6.07, 6.45) is 1.10. The van der Waals surface area contributed by atoms with Crippen LogP contribution in [0.3, 0.4) is 0 Å². The van der Waals surface area contributed by atoms with E-state index in [2.05, 4.69) is 46.6 Å². The number of nitrogens with zero attached hydrogens (tertiary/aromatic N) is 1. The smallest absolute Gasteiger partial charge is 0.251 e. The van der Waals surface area contributed by atoms with Crippen molar-refractivity contribution < 1.29 is 9.53 Å². The van der Waals surface area contributed by atoms with Crippen molar-refractivity contribution in [1.82, 2.24) is 10.2 Å². The van der Waals surface area contributed by atoms with Gasteiger partial charge in [-0.25, -0.2) is 0 Å². The summed E-state index contributed by atoms with van der Waals surface area (Å²) >= 11 is 0. The van der Waals surface area contributed by atoms with E-state index in [0.717, 1.165) is 31.6 Å². The standard InChI is InChI=1S/C26H28N2O2/c29-26(27-15-17-30-20-22-6-2-1-3-7-22)24-12-10-21(11-13-24)18-28-16-14-23-8-4-5-9-25(23)19-28/h1-13H,14-20H2,(H,27,29). The Morgan fingerprint density at radius 2 is 1.60 bits per heavy atom. The molecule has 4 heteroatoms. The van der Waals surface area contributed by atoms with Crippen LogP contribution in [-0.4, -0.2) is 30.5 Å². The van der Waals surface area contributed by atoms with Gasteiger partial charge in [-0.1, -0.05) is 66.7 Å². The van der Waals surface area contributed by atoms with Gasteiger partial charge in [-0.3, -0.25) is 9.69 Å². The summed E-state index contributed by atoms with van der Waals surface area (Å²) < 4.78 is 5.61. The second kappa shape index (κ2) is 10.2. The number of rotatable bonds is 8. The van der Waals surface area contributed by atoms with Crippen LogP contribution in [0, 0.1) is 0 Å². The molecule has 0 unspecified atom stereocenters. The molecule has 1 N–H and O–H groups in total. The fourth-order valence-corrected chi connectivity index (χ4v) is 3.81. The maximum atomic E-state index is 12.3. The first kappa shape index (κ1) is 20.3. The van der Waals surface area contributed by atoms with E-state index >= 15 is 0 Å². The lowest BCUT2D eigenvalue weighted by Gasteiger charge is -2.28. The van der Waals surface area contributed by atoms with Crippen molar-refractivity contribution in [3.8, 4) is 0 Å². The number of nitrogens with one attached hydrogen (secondary N) is 1. The highest BCUT2D eigenvalue weighted by molar-refractivity contribution is 5.94. The molecule has 1 aliphatic rings. The molecule has 0 bridgehead atoms. The van der Waals surface area contributed by atoms with E-state index in [-0.39, 0.29) is 5.91 Å². The Labute approximate surface area is 178 Å². The second-order valence-corrected chi connectivity index (χ2v) is 7.72. The monoisotopic (exact) mass is 400 g/mol. The van der Waals surface area contributed by atoms with Crippen molar-refractivity contribution in [3.05, 3.63) is 107 Å². The van der Waals surface area contributed by atoms with Crippen molar-refractivity contribution in [2.75, 3.05) is 19.7 Å². The van der Waals surface area contributed by atoms with Gasteiger partial charge in [0.25, 0.3) is 5.91 Å². The van der Waals surface area contributed by atoms with E-state index in [9.17, 15) is 4.79 Å². The summed E-state index contributed by atoms with van der Waals surface area (Å²) in [4.78, 5) is 14.8. The van der Waals surface area contributed by atoms with E-state index in [1.807, 2.05) is 42.5 Å². The number of fused-ring (bicyclic) bond motifs is 1. The minimum Gasteiger partial charge on any atom is -0.375 e. The average Bonchev–Trinajstić information content (AvgIpc) is 2.80. The minimum atomic E-state index is -0.0586. The molecule has 30 heavy (non-hydrogen) atoms. The number of benzene rings is 3. The van der Waals surface area contributed by atoms with E-state index in [1.165, 1.54) is 16.7 Å². The molecule has 0 saturated heterocycles. The Hall–Kier alpha value is -2.95. The molecule has 154 valence electrons. The van der Waals surface area contributed by atoms with Crippen molar-refractivity contribution in [3.63, 3.8) is 0 Å². The van der Waals surface area contributed by atoms with Crippen LogP contribution in [-0.2, 0) is 30.9 Å². The fourth-order valence-electron chi connectivity index (χ4n) is 3.81. The van der Waals surface area contributed by atoms with Crippen molar-refractivity contribution in [1.29, 1.82) is 0 Å². The van der Waals surface area contributed by atoms with Gasteiger partial charge in [0.2, 0.25) is 0 Å². The van der Waals surface area contributed by atoms with Crippen molar-refractivity contribution in [2.24, 2.45) is 0 Å². The molecule has 1 amide bonds. The average molecular weight is 401 g/mol. The van der Waals surface area contributed by atoms with Gasteiger partial charge >= 0.3 is 0 Å². The number of hydrogen-bond acceptors (Lipinski definition) is 3. The van der Waals surface area contributed by atoms with Gasteiger partial charge < -0.3 is 10.1 Å². The van der Waals surface area contributed by atoms with Gasteiger partial charge in [0, 0.05) is 31.7 Å². The van der Waals surface area contributed by atoms with Crippen LogP contribution in [0.1, 0.15) is 32.6 Å². The lowest BCUT2D eigenvalue weighted by Crippen LogP contribution is -2.30. The zero-order chi connectivity index (χ0) is 20.6. The minimum absolute atomic E-state index is 0.0586. The molecule has 4 rings (SSSR count). The van der Waals surface area contributed by atoms with Crippen LogP contribution in [0.4, 0.5) is 0 Å². The Kier molecular flexibility index (Phi) is 6.91. The van der Waals surface area contributed by atoms with Crippen LogP contribution >= 0.6 is 0 Å². The Morgan fingerprint density at radius 3 is 2.40 bits per heavy atom. The first-order valence-corrected chi connectivity index (χ1v) is 10.6. The summed E-state index contributed by atoms with van der Waals surface area (Å²) in [6, 6.07) is 26.7. The molecule has 0 fully saturated rings. The topological polar surface area (TPSA) is 41.6 Å². The van der Waals surface area contributed by atoms with Gasteiger partial charge in [-0.05, 0) is 40.8 Å². The number of carbonyl (C=O) groups excluding carboxylic acids is 1. The van der Waals surface area contributed by atoms with E-state index in [0.29, 0.717) is 25.3 Å². The Morgan fingerprint density at radius 1 is 0.867 bits per heavy atom. The third kappa shape index (κ3) is 5.56. The van der Waals surface area contributed by atoms with Crippen LogP contribution in [0.15, 0.2) is 78.9 Å². The lowest BCUT2D eigenvalue weighted by molar-refractivity contribution is 0.0901. The molecule has 0 spiro atoms. The summed E-state index contributed by atoms with van der Waals surface area (Å²) in [5.41, 5.74) is 5.95. The predicted octanol–water partition coefficient (Wildman–Crippen LogP) is 4.19. The van der Waals surface area contributed by atoms with Crippen LogP contribution in [0.25, 0.3) is 0 Å². The first-order chi connectivity index (χ1) is 14.8. The highest BCUT2D eigenvalue weighted by Crippen LogP contribution is 2.20. The molecular formula is C26H28N2O2. The molecule has 0 aliphatic carbocycles. The van der Waals surface area contributed by atoms with Gasteiger partial charge in [-0.2, -0.15) is 0 Å². The number of carbonyl (C=O) groups is 1. The van der Waals surface area contributed by atoms with Crippen LogP contribution in [0.2, 0.25) is 0 Å². The maximum absolute atomic E-state index is 12.3. The molecule has 3 aromatic rings. The SMILES string of the molecule is O=C(NCCOCc1ccccc1)c1ccc(CN2CCc3ccccc3C2)cc1. The summed E-state index contributed by atoms with van der Waals surface area (Å²) in [6.45, 7) is 4.52. The quantitative estimate of drug-likeness (QED) is 0.577. The largest absolute Gasteiger partial charge is 0.375 e. The highest BCUT2D eigenvalue weighted by atomic mass is 16.5. The van der Waals surface area contributed by atoms with Gasteiger partial charge in [0.1, 0.15) is 0 Å². The van der Waals surface area contributed by atoms with Gasteiger partial charge in [0.15, 0.2) is 0 Å². The Balaban J connectivity index is 1.20. The molecule has 0 radical (unpaired) electrons. The molecule has 4 nitrogen and oxygen atoms in total. The van der Waals surface area contributed by atoms with Crippen LogP contribution in [0.5, 0.6) is 0 Å². The summed E-state index contributed by atoms with van der Waals surface area (Å²) in [5.74, 6) is -0.0586. The highest BCUT2D eigenvalue weighted by Gasteiger charge is 2.15. The van der Waals surface area contributed by atoms with Gasteiger partial charge in [-0.15, -0.1) is 0 Å². The molecule has 0 aromatic heterocycles. The third-order valence-electron chi connectivity index (χ3n) is 5.48. The fraction of sp³-hybridized carbons (Fsp3) is 0.269. The number of amides is 1. The third-order valence-corrected chi connectivity index (χ3v) is 5.48. The van der Waals surface area contributed by atoms with Crippen molar-refractivity contribution in [2.45, 2.75) is 26.1 Å².